The number of likely N-dealkylation sites (N-methyl/N-ethyl adjacent to an activating group) is 1. The minimum atomic E-state index is -3.79. The summed E-state index contributed by atoms with van der Waals surface area (Å²) >= 11 is 3.21. The Morgan fingerprint density at radius 3 is 2.47 bits per heavy atom. The molecule has 0 radical (unpaired) electrons. The molecular weight excluding hydrogens is 468 g/mol. The van der Waals surface area contributed by atoms with E-state index >= 15 is 0 Å². The zero-order valence-corrected chi connectivity index (χ0v) is 20.1. The Kier molecular flexibility index (Phi) is 8.24. The molecule has 0 unspecified atom stereocenters. The van der Waals surface area contributed by atoms with Crippen molar-refractivity contribution in [2.75, 3.05) is 19.3 Å². The van der Waals surface area contributed by atoms with Crippen molar-refractivity contribution in [2.45, 2.75) is 29.0 Å². The summed E-state index contributed by atoms with van der Waals surface area (Å²) in [7, 11) is -2.48. The number of carbonyl (C=O) groups is 2. The molecule has 0 aliphatic carbocycles. The summed E-state index contributed by atoms with van der Waals surface area (Å²) in [5.41, 5.74) is 6.49. The number of benzene rings is 2. The molecule has 32 heavy (non-hydrogen) atoms. The minimum absolute atomic E-state index is 0.105. The maximum Gasteiger partial charge on any atom is 0.253 e. The highest BCUT2D eigenvalue weighted by Gasteiger charge is 2.23. The summed E-state index contributed by atoms with van der Waals surface area (Å²) in [5, 5.41) is 0. The number of hydrogen-bond acceptors (Lipinski definition) is 7. The van der Waals surface area contributed by atoms with E-state index in [2.05, 4.69) is 15.8 Å². The Balaban J connectivity index is 1.36. The molecule has 0 saturated heterocycles. The van der Waals surface area contributed by atoms with Gasteiger partial charge in [0.15, 0.2) is 4.34 Å². The van der Waals surface area contributed by atoms with Crippen molar-refractivity contribution in [1.29, 1.82) is 0 Å². The number of aromatic nitrogens is 1. The van der Waals surface area contributed by atoms with Gasteiger partial charge in [0.2, 0.25) is 15.9 Å². The van der Waals surface area contributed by atoms with E-state index in [0.29, 0.717) is 6.42 Å². The molecule has 3 rings (SSSR count). The lowest BCUT2D eigenvalue weighted by Crippen LogP contribution is -2.46. The first-order valence-corrected chi connectivity index (χ1v) is 13.1. The molecule has 2 N–H and O–H groups in total. The molecule has 170 valence electrons. The summed E-state index contributed by atoms with van der Waals surface area (Å²) in [6.07, 6.45) is 0.847. The molecular formula is C21H24N4O4S3. The number of fused-ring (bicyclic) bond motifs is 1. The summed E-state index contributed by atoms with van der Waals surface area (Å²) in [5.74, 6) is -0.244. The van der Waals surface area contributed by atoms with Crippen LogP contribution in [0, 0.1) is 6.92 Å². The van der Waals surface area contributed by atoms with Gasteiger partial charge in [0.05, 0.1) is 21.7 Å². The first-order chi connectivity index (χ1) is 15.3. The molecule has 2 amide bonds. The van der Waals surface area contributed by atoms with Crippen LogP contribution in [-0.2, 0) is 19.6 Å². The number of hydrogen-bond donors (Lipinski definition) is 2. The summed E-state index contributed by atoms with van der Waals surface area (Å²) in [6.45, 7) is 1.44. The van der Waals surface area contributed by atoms with Crippen molar-refractivity contribution in [1.82, 2.24) is 20.1 Å². The quantitative estimate of drug-likeness (QED) is 0.270. The van der Waals surface area contributed by atoms with Gasteiger partial charge in [-0.2, -0.15) is 4.31 Å². The second-order valence-electron chi connectivity index (χ2n) is 7.07. The van der Waals surface area contributed by atoms with Crippen molar-refractivity contribution < 1.29 is 18.0 Å². The van der Waals surface area contributed by atoms with E-state index in [-0.39, 0.29) is 17.2 Å². The Labute approximate surface area is 195 Å². The van der Waals surface area contributed by atoms with Crippen LogP contribution in [0.5, 0.6) is 0 Å². The van der Waals surface area contributed by atoms with Crippen molar-refractivity contribution in [3.8, 4) is 0 Å². The van der Waals surface area contributed by atoms with E-state index in [4.69, 9.17) is 0 Å². The van der Waals surface area contributed by atoms with Gasteiger partial charge in [-0.3, -0.25) is 20.4 Å². The maximum atomic E-state index is 12.5. The van der Waals surface area contributed by atoms with Gasteiger partial charge in [-0.15, -0.1) is 11.3 Å². The number of nitrogens with zero attached hydrogens (tertiary/aromatic N) is 2. The largest absolute Gasteiger partial charge is 0.273 e. The summed E-state index contributed by atoms with van der Waals surface area (Å²) in [4.78, 5) is 28.6. The Bertz CT molecular complexity index is 1160. The average Bonchev–Trinajstić information content (AvgIpc) is 3.18. The van der Waals surface area contributed by atoms with Crippen molar-refractivity contribution in [2.24, 2.45) is 0 Å². The third kappa shape index (κ3) is 6.52. The third-order valence-corrected chi connectivity index (χ3v) is 8.57. The Hall–Kier alpha value is -2.47. The fourth-order valence-corrected chi connectivity index (χ4v) is 5.93. The van der Waals surface area contributed by atoms with Gasteiger partial charge in [0, 0.05) is 19.2 Å². The highest BCUT2D eigenvalue weighted by atomic mass is 32.2. The Morgan fingerprint density at radius 1 is 1.06 bits per heavy atom. The highest BCUT2D eigenvalue weighted by Crippen LogP contribution is 2.29. The van der Waals surface area contributed by atoms with Gasteiger partial charge in [0.1, 0.15) is 0 Å². The van der Waals surface area contributed by atoms with Crippen LogP contribution in [0.2, 0.25) is 0 Å². The number of aryl methyl sites for hydroxylation is 1. The van der Waals surface area contributed by atoms with Crippen molar-refractivity contribution in [3.05, 3.63) is 54.1 Å². The second-order valence-corrected chi connectivity index (χ2v) is 11.5. The molecule has 0 fully saturated rings. The second kappa shape index (κ2) is 10.9. The smallest absolute Gasteiger partial charge is 0.253 e. The van der Waals surface area contributed by atoms with E-state index in [0.717, 1.165) is 30.2 Å². The van der Waals surface area contributed by atoms with E-state index in [1.807, 2.05) is 31.2 Å². The topological polar surface area (TPSA) is 108 Å². The molecule has 0 spiro atoms. The normalized spacial score (nSPS) is 11.6. The lowest BCUT2D eigenvalue weighted by molar-refractivity contribution is -0.128. The average molecular weight is 493 g/mol. The van der Waals surface area contributed by atoms with Crippen LogP contribution in [0.3, 0.4) is 0 Å². The molecule has 0 bridgehead atoms. The van der Waals surface area contributed by atoms with Gasteiger partial charge in [-0.1, -0.05) is 41.6 Å². The fraction of sp³-hybridized carbons (Fsp3) is 0.286. The standard InChI is InChI=1S/C21H24N4O4S3/c1-15-9-11-16(12-10-15)32(28,29)25(2)14-20(27)24-23-19(26)8-5-13-30-21-22-17-6-3-4-7-18(17)31-21/h3-4,6-7,9-12H,5,8,13-14H2,1-2H3,(H,23,26)(H,24,27). The van der Waals surface area contributed by atoms with Crippen LogP contribution in [0.1, 0.15) is 18.4 Å². The maximum absolute atomic E-state index is 12.5. The molecule has 8 nitrogen and oxygen atoms in total. The fourth-order valence-electron chi connectivity index (χ4n) is 2.72. The Morgan fingerprint density at radius 2 is 1.75 bits per heavy atom. The monoisotopic (exact) mass is 492 g/mol. The van der Waals surface area contributed by atoms with E-state index in [1.165, 1.54) is 19.2 Å². The molecule has 2 aromatic carbocycles. The molecule has 0 aliphatic heterocycles. The van der Waals surface area contributed by atoms with Gasteiger partial charge >= 0.3 is 0 Å². The van der Waals surface area contributed by atoms with Crippen LogP contribution < -0.4 is 10.9 Å². The number of para-hydroxylation sites is 1. The highest BCUT2D eigenvalue weighted by molar-refractivity contribution is 8.01. The molecule has 0 aliphatic rings. The molecule has 0 saturated carbocycles. The number of rotatable bonds is 9. The van der Waals surface area contributed by atoms with E-state index in [1.54, 1.807) is 35.2 Å². The van der Waals surface area contributed by atoms with E-state index < -0.39 is 22.5 Å². The predicted octanol–water partition coefficient (Wildman–Crippen LogP) is 2.95. The number of nitrogens with one attached hydrogen (secondary N) is 2. The molecule has 0 atom stereocenters. The first kappa shape index (κ1) is 24.2. The molecule has 1 aromatic heterocycles. The number of thiazole rings is 1. The van der Waals surface area contributed by atoms with Crippen LogP contribution in [0.4, 0.5) is 0 Å². The van der Waals surface area contributed by atoms with Crippen LogP contribution in [0.25, 0.3) is 10.2 Å². The first-order valence-electron chi connectivity index (χ1n) is 9.85. The minimum Gasteiger partial charge on any atom is -0.273 e. The van der Waals surface area contributed by atoms with E-state index in [9.17, 15) is 18.0 Å². The molecule has 1 heterocycles. The summed E-state index contributed by atoms with van der Waals surface area (Å²) < 4.78 is 28.1. The number of thioether (sulfide) groups is 1. The van der Waals surface area contributed by atoms with Gasteiger partial charge in [0.25, 0.3) is 5.91 Å². The lowest BCUT2D eigenvalue weighted by Gasteiger charge is -2.17. The van der Waals surface area contributed by atoms with Crippen LogP contribution in [0.15, 0.2) is 57.8 Å². The number of hydrazine groups is 1. The molecule has 11 heteroatoms. The summed E-state index contributed by atoms with van der Waals surface area (Å²) in [6, 6.07) is 14.3. The van der Waals surface area contributed by atoms with Gasteiger partial charge in [-0.25, -0.2) is 13.4 Å². The number of sulfonamides is 1. The zero-order chi connectivity index (χ0) is 23.1. The van der Waals surface area contributed by atoms with Gasteiger partial charge in [-0.05, 0) is 37.6 Å². The third-order valence-electron chi connectivity index (χ3n) is 4.48. The number of amides is 2. The molecule has 3 aromatic rings. The zero-order valence-electron chi connectivity index (χ0n) is 17.7. The van der Waals surface area contributed by atoms with Gasteiger partial charge < -0.3 is 0 Å². The predicted molar refractivity (Wildman–Crippen MR) is 127 cm³/mol. The lowest BCUT2D eigenvalue weighted by atomic mass is 10.2. The van der Waals surface area contributed by atoms with Crippen LogP contribution >= 0.6 is 23.1 Å². The van der Waals surface area contributed by atoms with Crippen molar-refractivity contribution in [3.63, 3.8) is 0 Å². The number of carbonyl (C=O) groups excluding carboxylic acids is 2. The van der Waals surface area contributed by atoms with Crippen LogP contribution in [-0.4, -0.2) is 48.9 Å². The van der Waals surface area contributed by atoms with Crippen molar-refractivity contribution >= 4 is 55.2 Å². The SMILES string of the molecule is Cc1ccc(S(=O)(=O)N(C)CC(=O)NNC(=O)CCCSc2nc3ccccc3s2)cc1.